The Morgan fingerprint density at radius 3 is 2.67 bits per heavy atom. The lowest BCUT2D eigenvalue weighted by atomic mass is 9.84. The second-order valence-electron chi connectivity index (χ2n) is 6.01. The van der Waals surface area contributed by atoms with Gasteiger partial charge in [-0.2, -0.15) is 0 Å². The first-order valence-electron chi connectivity index (χ1n) is 7.25. The summed E-state index contributed by atoms with van der Waals surface area (Å²) >= 11 is 4.96. The number of rotatable bonds is 3. The van der Waals surface area contributed by atoms with Gasteiger partial charge in [-0.15, -0.1) is 0 Å². The molecule has 0 aromatic heterocycles. The molecule has 2 fully saturated rings. The van der Waals surface area contributed by atoms with Crippen molar-refractivity contribution < 1.29 is 9.59 Å². The third-order valence-electron chi connectivity index (χ3n) is 4.60. The van der Waals surface area contributed by atoms with Crippen LogP contribution in [0.5, 0.6) is 0 Å². The minimum atomic E-state index is -0.405. The molecule has 1 spiro atoms. The Balaban J connectivity index is 1.82. The van der Waals surface area contributed by atoms with Gasteiger partial charge in [0.05, 0.1) is 12.0 Å². The van der Waals surface area contributed by atoms with Crippen molar-refractivity contribution in [2.45, 2.75) is 38.6 Å². The van der Waals surface area contributed by atoms with Crippen LogP contribution in [0.25, 0.3) is 0 Å². The van der Waals surface area contributed by atoms with Gasteiger partial charge in [0.15, 0.2) is 0 Å². The molecule has 0 radical (unpaired) electrons. The number of thiocarbonyl (C=S) groups is 1. The number of imide groups is 1. The summed E-state index contributed by atoms with van der Waals surface area (Å²) < 4.78 is 0. The maximum Gasteiger partial charge on any atom is 0.236 e. The summed E-state index contributed by atoms with van der Waals surface area (Å²) in [6.07, 6.45) is 4.16. The molecule has 2 amide bonds. The van der Waals surface area contributed by atoms with Crippen molar-refractivity contribution in [2.75, 3.05) is 0 Å². The van der Waals surface area contributed by atoms with Gasteiger partial charge in [-0.25, -0.2) is 0 Å². The molecule has 21 heavy (non-hydrogen) atoms. The zero-order valence-electron chi connectivity index (χ0n) is 11.8. The fourth-order valence-electron chi connectivity index (χ4n) is 3.47. The maximum atomic E-state index is 12.6. The summed E-state index contributed by atoms with van der Waals surface area (Å²) in [6.45, 7) is 0.315. The molecule has 1 aliphatic carbocycles. The summed E-state index contributed by atoms with van der Waals surface area (Å²) in [5.41, 5.74) is 6.87. The molecule has 4 nitrogen and oxygen atoms in total. The van der Waals surface area contributed by atoms with E-state index in [4.69, 9.17) is 18.0 Å². The molecule has 1 saturated heterocycles. The Hall–Kier alpha value is -1.75. The molecule has 2 aliphatic rings. The molecule has 5 heteroatoms. The first-order chi connectivity index (χ1) is 10.0. The third kappa shape index (κ3) is 2.46. The summed E-state index contributed by atoms with van der Waals surface area (Å²) in [6, 6.07) is 7.42. The van der Waals surface area contributed by atoms with Gasteiger partial charge >= 0.3 is 0 Å². The van der Waals surface area contributed by atoms with Gasteiger partial charge in [-0.1, -0.05) is 43.3 Å². The molecule has 1 saturated carbocycles. The fourth-order valence-corrected chi connectivity index (χ4v) is 3.59. The normalized spacial score (nSPS) is 20.5. The molecule has 0 unspecified atom stereocenters. The van der Waals surface area contributed by atoms with E-state index in [1.807, 2.05) is 24.3 Å². The molecule has 1 aromatic carbocycles. The number of carbonyl (C=O) groups is 2. The molecule has 3 rings (SSSR count). The molecule has 1 aromatic rings. The van der Waals surface area contributed by atoms with Gasteiger partial charge in [-0.3, -0.25) is 14.5 Å². The van der Waals surface area contributed by atoms with Gasteiger partial charge in [0.1, 0.15) is 4.99 Å². The van der Waals surface area contributed by atoms with Crippen molar-refractivity contribution in [1.29, 1.82) is 0 Å². The molecule has 0 atom stereocenters. The molecule has 110 valence electrons. The summed E-state index contributed by atoms with van der Waals surface area (Å²) in [7, 11) is 0. The van der Waals surface area contributed by atoms with Gasteiger partial charge in [0.25, 0.3) is 0 Å². The smallest absolute Gasteiger partial charge is 0.236 e. The monoisotopic (exact) mass is 302 g/mol. The first kappa shape index (κ1) is 14.2. The number of benzene rings is 1. The van der Waals surface area contributed by atoms with Crippen LogP contribution in [0, 0.1) is 5.41 Å². The Bertz CT molecular complexity index is 620. The molecule has 1 aliphatic heterocycles. The number of nitrogens with two attached hydrogens (primary N) is 1. The van der Waals surface area contributed by atoms with Gasteiger partial charge in [0, 0.05) is 12.0 Å². The van der Waals surface area contributed by atoms with Crippen LogP contribution in [-0.4, -0.2) is 21.7 Å². The van der Waals surface area contributed by atoms with Crippen molar-refractivity contribution in [3.05, 3.63) is 35.4 Å². The third-order valence-corrected chi connectivity index (χ3v) is 4.84. The SMILES string of the molecule is NC(=S)c1cccc(CN2C(=O)CC3(CCCC3)C2=O)c1. The molecular weight excluding hydrogens is 284 g/mol. The molecular formula is C16H18N2O2S. The highest BCUT2D eigenvalue weighted by molar-refractivity contribution is 7.80. The zero-order valence-corrected chi connectivity index (χ0v) is 12.6. The van der Waals surface area contributed by atoms with Crippen LogP contribution in [0.1, 0.15) is 43.2 Å². The van der Waals surface area contributed by atoms with E-state index in [1.54, 1.807) is 0 Å². The van der Waals surface area contributed by atoms with E-state index in [9.17, 15) is 9.59 Å². The number of hydrogen-bond acceptors (Lipinski definition) is 3. The van der Waals surface area contributed by atoms with E-state index >= 15 is 0 Å². The lowest BCUT2D eigenvalue weighted by molar-refractivity contribution is -0.142. The molecule has 1 heterocycles. The van der Waals surface area contributed by atoms with E-state index in [-0.39, 0.29) is 11.8 Å². The second kappa shape index (κ2) is 5.22. The standard InChI is InChI=1S/C16H18N2O2S/c17-14(21)12-5-3-4-11(8-12)10-18-13(19)9-16(15(18)20)6-1-2-7-16/h3-5,8H,1-2,6-7,9-10H2,(H2,17,21). The first-order valence-corrected chi connectivity index (χ1v) is 7.66. The van der Waals surface area contributed by atoms with Crippen LogP contribution in [0.2, 0.25) is 0 Å². The van der Waals surface area contributed by atoms with Crippen LogP contribution in [-0.2, 0) is 16.1 Å². The Morgan fingerprint density at radius 2 is 2.00 bits per heavy atom. The average molecular weight is 302 g/mol. The van der Waals surface area contributed by atoms with Crippen LogP contribution in [0.15, 0.2) is 24.3 Å². The van der Waals surface area contributed by atoms with E-state index in [0.29, 0.717) is 18.0 Å². The van der Waals surface area contributed by atoms with Gasteiger partial charge in [0.2, 0.25) is 11.8 Å². The largest absolute Gasteiger partial charge is 0.389 e. The number of hydrogen-bond donors (Lipinski definition) is 1. The lowest BCUT2D eigenvalue weighted by Gasteiger charge is -2.21. The van der Waals surface area contributed by atoms with Crippen molar-refractivity contribution >= 4 is 29.0 Å². The molecule has 0 bridgehead atoms. The van der Waals surface area contributed by atoms with Gasteiger partial charge < -0.3 is 5.73 Å². The number of nitrogens with zero attached hydrogens (tertiary/aromatic N) is 1. The van der Waals surface area contributed by atoms with Crippen molar-refractivity contribution in [3.8, 4) is 0 Å². The van der Waals surface area contributed by atoms with Crippen LogP contribution in [0.3, 0.4) is 0 Å². The predicted octanol–water partition coefficient (Wildman–Crippen LogP) is 2.14. The average Bonchev–Trinajstić information content (AvgIpc) is 3.01. The van der Waals surface area contributed by atoms with Crippen molar-refractivity contribution in [3.63, 3.8) is 0 Å². The Kier molecular flexibility index (Phi) is 3.53. The van der Waals surface area contributed by atoms with Crippen molar-refractivity contribution in [2.24, 2.45) is 11.1 Å². The number of amides is 2. The van der Waals surface area contributed by atoms with Crippen molar-refractivity contribution in [1.82, 2.24) is 4.90 Å². The molecule has 2 N–H and O–H groups in total. The topological polar surface area (TPSA) is 63.4 Å². The van der Waals surface area contributed by atoms with E-state index < -0.39 is 5.41 Å². The van der Waals surface area contributed by atoms with Crippen LogP contribution >= 0.6 is 12.2 Å². The summed E-state index contributed by atoms with van der Waals surface area (Å²) in [5, 5.41) is 0. The minimum absolute atomic E-state index is 0.00530. The maximum absolute atomic E-state index is 12.6. The highest BCUT2D eigenvalue weighted by Gasteiger charge is 2.52. The zero-order chi connectivity index (χ0) is 15.0. The Labute approximate surface area is 129 Å². The number of likely N-dealkylation sites (tertiary alicyclic amines) is 1. The van der Waals surface area contributed by atoms with Crippen LogP contribution < -0.4 is 5.73 Å². The predicted molar refractivity (Wildman–Crippen MR) is 83.4 cm³/mol. The Morgan fingerprint density at radius 1 is 1.29 bits per heavy atom. The summed E-state index contributed by atoms with van der Waals surface area (Å²) in [4.78, 5) is 26.6. The highest BCUT2D eigenvalue weighted by atomic mass is 32.1. The lowest BCUT2D eigenvalue weighted by Crippen LogP contribution is -2.34. The second-order valence-corrected chi connectivity index (χ2v) is 6.45. The minimum Gasteiger partial charge on any atom is -0.389 e. The van der Waals surface area contributed by atoms with Gasteiger partial charge in [-0.05, 0) is 24.5 Å². The van der Waals surface area contributed by atoms with Crippen LogP contribution in [0.4, 0.5) is 0 Å². The quantitative estimate of drug-likeness (QED) is 0.686. The number of carbonyl (C=O) groups excluding carboxylic acids is 2. The highest BCUT2D eigenvalue weighted by Crippen LogP contribution is 2.47. The summed E-state index contributed by atoms with van der Waals surface area (Å²) in [5.74, 6) is -0.0478. The fraction of sp³-hybridized carbons (Fsp3) is 0.438. The van der Waals surface area contributed by atoms with E-state index in [1.165, 1.54) is 4.90 Å². The van der Waals surface area contributed by atoms with E-state index in [0.717, 1.165) is 36.8 Å². The van der Waals surface area contributed by atoms with E-state index in [2.05, 4.69) is 0 Å².